The van der Waals surface area contributed by atoms with Crippen LogP contribution >= 0.6 is 22.6 Å². The summed E-state index contributed by atoms with van der Waals surface area (Å²) in [5, 5.41) is 2.73. The van der Waals surface area contributed by atoms with Gasteiger partial charge in [-0.1, -0.05) is 0 Å². The molecule has 1 rings (SSSR count). The molecule has 0 aliphatic carbocycles. The van der Waals surface area contributed by atoms with Gasteiger partial charge in [0.05, 0.1) is 16.9 Å². The number of nitrogens with zero attached hydrogens (tertiary/aromatic N) is 1. The van der Waals surface area contributed by atoms with Crippen molar-refractivity contribution < 1.29 is 45.0 Å². The first kappa shape index (κ1) is 22.2. The summed E-state index contributed by atoms with van der Waals surface area (Å²) < 4.78 is 97.1. The number of hydrogen-bond acceptors (Lipinski definition) is 5. The Morgan fingerprint density at radius 1 is 1.23 bits per heavy atom. The fourth-order valence-electron chi connectivity index (χ4n) is 1.35. The van der Waals surface area contributed by atoms with Crippen LogP contribution in [0.3, 0.4) is 0 Å². The molecule has 0 amide bonds. The molecule has 0 aliphatic heterocycles. The molecule has 0 atom stereocenters. The van der Waals surface area contributed by atoms with Gasteiger partial charge in [-0.15, -0.1) is 0 Å². The molecule has 0 unspecified atom stereocenters. The number of alkyl halides is 7. The zero-order chi connectivity index (χ0) is 20.2. The molecule has 0 bridgehead atoms. The normalized spacial score (nSPS) is 13.0. The van der Waals surface area contributed by atoms with Gasteiger partial charge in [-0.05, 0) is 46.4 Å². The molecule has 0 saturated carbocycles. The Morgan fingerprint density at radius 2 is 1.85 bits per heavy atom. The first-order valence-corrected chi connectivity index (χ1v) is 7.51. The molecule has 26 heavy (non-hydrogen) atoms. The average Bonchev–Trinajstić information content (AvgIpc) is 2.52. The second-order valence-corrected chi connectivity index (χ2v) is 5.73. The van der Waals surface area contributed by atoms with Gasteiger partial charge in [0.1, 0.15) is 5.75 Å². The number of halogens is 8. The highest BCUT2D eigenvalue weighted by atomic mass is 127. The van der Waals surface area contributed by atoms with E-state index in [9.17, 15) is 35.5 Å². The molecule has 1 aromatic carbocycles. The van der Waals surface area contributed by atoms with E-state index in [1.165, 1.54) is 18.2 Å². The molecule has 1 aromatic rings. The second-order valence-electron chi connectivity index (χ2n) is 4.57. The van der Waals surface area contributed by atoms with Crippen LogP contribution in [0.25, 0.3) is 0 Å². The van der Waals surface area contributed by atoms with Crippen LogP contribution in [0.15, 0.2) is 23.3 Å². The summed E-state index contributed by atoms with van der Waals surface area (Å²) >= 11 is 1.76. The summed E-state index contributed by atoms with van der Waals surface area (Å²) in [6.45, 7) is -0.389. The van der Waals surface area contributed by atoms with Crippen molar-refractivity contribution in [1.29, 1.82) is 0 Å². The minimum atomic E-state index is -6.45. The molecule has 0 saturated heterocycles. The maximum Gasteiger partial charge on any atom is 0.462 e. The van der Waals surface area contributed by atoms with E-state index in [4.69, 9.17) is 4.74 Å². The standard InChI is InChI=1S/C13H10F7IN2O3/c1-25-10(24)6-26-9-3-2-7(4-8(9)21)5-22-23-13(19,20)11(14,15)12(16,17)18/h2-5,23H,6H2,1H3/b22-5+. The van der Waals surface area contributed by atoms with Gasteiger partial charge in [0.2, 0.25) is 0 Å². The molecule has 0 aliphatic rings. The van der Waals surface area contributed by atoms with Gasteiger partial charge >= 0.3 is 24.1 Å². The molecule has 0 fully saturated rings. The SMILES string of the molecule is COC(=O)COc1ccc(/C=N/NC(F)(F)C(F)(F)C(F)(F)F)cc1I. The number of carbonyl (C=O) groups excluding carboxylic acids is 1. The Morgan fingerprint density at radius 3 is 2.35 bits per heavy atom. The number of methoxy groups -OCH3 is 1. The highest BCUT2D eigenvalue weighted by Crippen LogP contribution is 2.44. The minimum absolute atomic E-state index is 0.0958. The van der Waals surface area contributed by atoms with E-state index < -0.39 is 24.1 Å². The van der Waals surface area contributed by atoms with Crippen molar-refractivity contribution in [3.8, 4) is 5.75 Å². The van der Waals surface area contributed by atoms with E-state index in [0.29, 0.717) is 15.2 Å². The summed E-state index contributed by atoms with van der Waals surface area (Å²) in [5.74, 6) is -6.73. The average molecular weight is 502 g/mol. The first-order chi connectivity index (χ1) is 11.8. The molecule has 13 heteroatoms. The maximum absolute atomic E-state index is 13.0. The van der Waals surface area contributed by atoms with Gasteiger partial charge < -0.3 is 9.47 Å². The second kappa shape index (κ2) is 8.26. The number of ether oxygens (including phenoxy) is 2. The van der Waals surface area contributed by atoms with Gasteiger partial charge in [0.15, 0.2) is 6.61 Å². The molecule has 0 radical (unpaired) electrons. The number of rotatable bonds is 7. The number of hydrazone groups is 1. The summed E-state index contributed by atoms with van der Waals surface area (Å²) in [6.07, 6.45) is -5.83. The van der Waals surface area contributed by atoms with Crippen LogP contribution in [0.4, 0.5) is 30.7 Å². The Balaban J connectivity index is 2.80. The van der Waals surface area contributed by atoms with E-state index in [0.717, 1.165) is 7.11 Å². The van der Waals surface area contributed by atoms with Crippen LogP contribution in [-0.4, -0.2) is 44.0 Å². The van der Waals surface area contributed by atoms with E-state index in [2.05, 4.69) is 9.84 Å². The number of benzene rings is 1. The van der Waals surface area contributed by atoms with E-state index in [1.807, 2.05) is 0 Å². The fraction of sp³-hybridized carbons (Fsp3) is 0.385. The zero-order valence-corrected chi connectivity index (χ0v) is 14.9. The highest BCUT2D eigenvalue weighted by molar-refractivity contribution is 14.1. The third kappa shape index (κ3) is 5.35. The molecule has 146 valence electrons. The van der Waals surface area contributed by atoms with Crippen molar-refractivity contribution >= 4 is 34.8 Å². The molecule has 0 spiro atoms. The van der Waals surface area contributed by atoms with Crippen LogP contribution in [0.1, 0.15) is 5.56 Å². The van der Waals surface area contributed by atoms with Gasteiger partial charge in [-0.25, -0.2) is 10.2 Å². The van der Waals surface area contributed by atoms with Crippen molar-refractivity contribution in [3.63, 3.8) is 0 Å². The topological polar surface area (TPSA) is 59.9 Å². The Kier molecular flexibility index (Phi) is 7.07. The third-order valence-electron chi connectivity index (χ3n) is 2.70. The van der Waals surface area contributed by atoms with Crippen molar-refractivity contribution in [2.75, 3.05) is 13.7 Å². The number of carbonyl (C=O) groups is 1. The van der Waals surface area contributed by atoms with E-state index in [1.54, 1.807) is 22.6 Å². The highest BCUT2D eigenvalue weighted by Gasteiger charge is 2.73. The fourth-order valence-corrected chi connectivity index (χ4v) is 2.04. The molecular weight excluding hydrogens is 492 g/mol. The van der Waals surface area contributed by atoms with Gasteiger partial charge in [-0.2, -0.15) is 35.8 Å². The number of hydrogen-bond donors (Lipinski definition) is 1. The molecular formula is C13H10F7IN2O3. The lowest BCUT2D eigenvalue weighted by atomic mass is 10.2. The van der Waals surface area contributed by atoms with Crippen LogP contribution in [0, 0.1) is 3.57 Å². The van der Waals surface area contributed by atoms with Gasteiger partial charge in [0.25, 0.3) is 0 Å². The lowest BCUT2D eigenvalue weighted by molar-refractivity contribution is -0.361. The third-order valence-corrected chi connectivity index (χ3v) is 3.54. The van der Waals surface area contributed by atoms with Crippen molar-refractivity contribution in [3.05, 3.63) is 27.3 Å². The lowest BCUT2D eigenvalue weighted by Gasteiger charge is -2.27. The molecule has 1 N–H and O–H groups in total. The first-order valence-electron chi connectivity index (χ1n) is 6.43. The smallest absolute Gasteiger partial charge is 0.462 e. The van der Waals surface area contributed by atoms with Gasteiger partial charge in [0, 0.05) is 0 Å². The lowest BCUT2D eigenvalue weighted by Crippen LogP contribution is -2.58. The Bertz CT molecular complexity index is 680. The largest absolute Gasteiger partial charge is 0.481 e. The van der Waals surface area contributed by atoms with Crippen molar-refractivity contribution in [2.45, 2.75) is 18.1 Å². The van der Waals surface area contributed by atoms with Crippen LogP contribution in [-0.2, 0) is 9.53 Å². The summed E-state index contributed by atoms with van der Waals surface area (Å²) in [4.78, 5) is 11.0. The Hall–Kier alpha value is -1.80. The monoisotopic (exact) mass is 502 g/mol. The van der Waals surface area contributed by atoms with E-state index in [-0.39, 0.29) is 17.9 Å². The van der Waals surface area contributed by atoms with E-state index >= 15 is 0 Å². The maximum atomic E-state index is 13.0. The van der Waals surface area contributed by atoms with Gasteiger partial charge in [-0.3, -0.25) is 0 Å². The van der Waals surface area contributed by atoms with Crippen molar-refractivity contribution in [2.24, 2.45) is 5.10 Å². The zero-order valence-electron chi connectivity index (χ0n) is 12.7. The number of nitrogens with one attached hydrogen (secondary N) is 1. The quantitative estimate of drug-likeness (QED) is 0.155. The predicted molar refractivity (Wildman–Crippen MR) is 83.3 cm³/mol. The van der Waals surface area contributed by atoms with Crippen LogP contribution in [0.5, 0.6) is 5.75 Å². The van der Waals surface area contributed by atoms with Crippen LogP contribution < -0.4 is 10.2 Å². The molecule has 5 nitrogen and oxygen atoms in total. The summed E-state index contributed by atoms with van der Waals surface area (Å²) in [6, 6.07) is -1.77. The van der Waals surface area contributed by atoms with Crippen molar-refractivity contribution in [1.82, 2.24) is 5.43 Å². The minimum Gasteiger partial charge on any atom is -0.481 e. The predicted octanol–water partition coefficient (Wildman–Crippen LogP) is 3.56. The number of esters is 1. The summed E-state index contributed by atoms with van der Waals surface area (Å²) in [7, 11) is 1.15. The Labute approximate surface area is 155 Å². The molecule has 0 heterocycles. The summed E-state index contributed by atoms with van der Waals surface area (Å²) in [5.41, 5.74) is 0.603. The van der Waals surface area contributed by atoms with Crippen LogP contribution in [0.2, 0.25) is 0 Å². The molecule has 0 aromatic heterocycles.